The van der Waals surface area contributed by atoms with Crippen molar-refractivity contribution in [3.05, 3.63) is 48.2 Å². The number of carbonyl (C=O) groups is 1. The minimum atomic E-state index is -0.221. The molecule has 0 aromatic carbocycles. The minimum absolute atomic E-state index is 0.221. The van der Waals surface area contributed by atoms with E-state index in [2.05, 4.69) is 4.98 Å². The number of furan rings is 1. The summed E-state index contributed by atoms with van der Waals surface area (Å²) >= 11 is 0. The fraction of sp³-hybridized carbons (Fsp3) is 0.143. The molecular formula is C14H13NO4. The van der Waals surface area contributed by atoms with E-state index >= 15 is 0 Å². The highest BCUT2D eigenvalue weighted by atomic mass is 16.5. The molecule has 0 saturated carbocycles. The standard InChI is InChI=1S/C14H13NO4/c1-17-13-8-10(15-9-14(13)18-2)5-6-11(16)12-4-3-7-19-12/h3-9H,1-2H3. The van der Waals surface area contributed by atoms with Gasteiger partial charge in [0.2, 0.25) is 5.78 Å². The lowest BCUT2D eigenvalue weighted by atomic mass is 10.2. The normalized spacial score (nSPS) is 10.6. The van der Waals surface area contributed by atoms with Gasteiger partial charge in [-0.05, 0) is 24.3 Å². The third kappa shape index (κ3) is 3.01. The largest absolute Gasteiger partial charge is 0.493 e. The lowest BCUT2D eigenvalue weighted by Gasteiger charge is -2.06. The van der Waals surface area contributed by atoms with Crippen LogP contribution >= 0.6 is 0 Å². The molecule has 19 heavy (non-hydrogen) atoms. The first-order chi connectivity index (χ1) is 9.24. The fourth-order valence-corrected chi connectivity index (χ4v) is 1.51. The molecule has 0 saturated heterocycles. The summed E-state index contributed by atoms with van der Waals surface area (Å²) in [6.45, 7) is 0. The Labute approximate surface area is 110 Å². The summed E-state index contributed by atoms with van der Waals surface area (Å²) < 4.78 is 15.2. The molecule has 0 N–H and O–H groups in total. The molecule has 5 nitrogen and oxygen atoms in total. The van der Waals surface area contributed by atoms with Crippen LogP contribution in [0.3, 0.4) is 0 Å². The van der Waals surface area contributed by atoms with Crippen molar-refractivity contribution in [3.63, 3.8) is 0 Å². The number of ether oxygens (including phenoxy) is 2. The molecule has 0 aliphatic rings. The van der Waals surface area contributed by atoms with Crippen LogP contribution in [0.25, 0.3) is 6.08 Å². The molecule has 2 heterocycles. The molecule has 98 valence electrons. The smallest absolute Gasteiger partial charge is 0.221 e. The van der Waals surface area contributed by atoms with Gasteiger partial charge >= 0.3 is 0 Å². The zero-order valence-corrected chi connectivity index (χ0v) is 10.6. The molecule has 0 fully saturated rings. The van der Waals surface area contributed by atoms with Gasteiger partial charge in [-0.3, -0.25) is 9.78 Å². The van der Waals surface area contributed by atoms with Crippen LogP contribution in [0.5, 0.6) is 11.5 Å². The Kier molecular flexibility index (Phi) is 3.97. The van der Waals surface area contributed by atoms with E-state index in [-0.39, 0.29) is 11.5 Å². The van der Waals surface area contributed by atoms with Crippen molar-refractivity contribution in [1.82, 2.24) is 4.98 Å². The molecule has 0 atom stereocenters. The number of allylic oxidation sites excluding steroid dienone is 1. The van der Waals surface area contributed by atoms with Crippen molar-refractivity contribution >= 4 is 11.9 Å². The van der Waals surface area contributed by atoms with Crippen LogP contribution < -0.4 is 9.47 Å². The van der Waals surface area contributed by atoms with Gasteiger partial charge < -0.3 is 13.9 Å². The monoisotopic (exact) mass is 259 g/mol. The molecule has 2 aromatic heterocycles. The lowest BCUT2D eigenvalue weighted by Crippen LogP contribution is -1.94. The molecule has 0 bridgehead atoms. The van der Waals surface area contributed by atoms with Crippen molar-refractivity contribution in [1.29, 1.82) is 0 Å². The van der Waals surface area contributed by atoms with Gasteiger partial charge in [-0.15, -0.1) is 0 Å². The van der Waals surface area contributed by atoms with Crippen LogP contribution in [0.2, 0.25) is 0 Å². The SMILES string of the molecule is COc1cnc(C=CC(=O)c2ccco2)cc1OC. The van der Waals surface area contributed by atoms with E-state index in [4.69, 9.17) is 13.9 Å². The maximum Gasteiger partial charge on any atom is 0.221 e. The summed E-state index contributed by atoms with van der Waals surface area (Å²) in [6, 6.07) is 4.95. The fourth-order valence-electron chi connectivity index (χ4n) is 1.51. The molecular weight excluding hydrogens is 246 g/mol. The van der Waals surface area contributed by atoms with Gasteiger partial charge in [0.1, 0.15) is 0 Å². The first kappa shape index (κ1) is 12.9. The second kappa shape index (κ2) is 5.86. The average Bonchev–Trinajstić information content (AvgIpc) is 2.98. The number of ketones is 1. The third-order valence-corrected chi connectivity index (χ3v) is 2.46. The second-order valence-corrected chi connectivity index (χ2v) is 3.64. The summed E-state index contributed by atoms with van der Waals surface area (Å²) in [7, 11) is 3.08. The average molecular weight is 259 g/mol. The zero-order valence-electron chi connectivity index (χ0n) is 10.6. The number of hydrogen-bond acceptors (Lipinski definition) is 5. The van der Waals surface area contributed by atoms with Gasteiger partial charge in [-0.1, -0.05) is 0 Å². The number of hydrogen-bond donors (Lipinski definition) is 0. The summed E-state index contributed by atoms with van der Waals surface area (Å²) in [5.74, 6) is 1.16. The van der Waals surface area contributed by atoms with E-state index in [9.17, 15) is 4.79 Å². The molecule has 0 unspecified atom stereocenters. The van der Waals surface area contributed by atoms with Crippen molar-refractivity contribution in [2.24, 2.45) is 0 Å². The predicted molar refractivity (Wildman–Crippen MR) is 69.4 cm³/mol. The van der Waals surface area contributed by atoms with E-state index in [1.165, 1.54) is 25.6 Å². The molecule has 0 amide bonds. The van der Waals surface area contributed by atoms with E-state index < -0.39 is 0 Å². The number of pyridine rings is 1. The Morgan fingerprint density at radius 3 is 2.74 bits per heavy atom. The quantitative estimate of drug-likeness (QED) is 0.610. The van der Waals surface area contributed by atoms with Gasteiger partial charge in [0.05, 0.1) is 32.4 Å². The van der Waals surface area contributed by atoms with Gasteiger partial charge in [0.25, 0.3) is 0 Å². The highest BCUT2D eigenvalue weighted by Crippen LogP contribution is 2.26. The number of methoxy groups -OCH3 is 2. The van der Waals surface area contributed by atoms with Crippen molar-refractivity contribution < 1.29 is 18.7 Å². The van der Waals surface area contributed by atoms with Gasteiger partial charge in [0.15, 0.2) is 17.3 Å². The third-order valence-electron chi connectivity index (χ3n) is 2.46. The summed E-state index contributed by atoms with van der Waals surface area (Å²) in [6.07, 6.45) is 5.98. The summed E-state index contributed by atoms with van der Waals surface area (Å²) in [5.41, 5.74) is 0.595. The predicted octanol–water partition coefficient (Wildman–Crippen LogP) is 2.59. The Hall–Kier alpha value is -2.56. The highest BCUT2D eigenvalue weighted by molar-refractivity contribution is 6.04. The van der Waals surface area contributed by atoms with Crippen LogP contribution in [0.1, 0.15) is 16.2 Å². The van der Waals surface area contributed by atoms with Gasteiger partial charge in [0, 0.05) is 6.07 Å². The molecule has 0 aliphatic heterocycles. The number of carbonyl (C=O) groups excluding carboxylic acids is 1. The Balaban J connectivity index is 2.17. The van der Waals surface area contributed by atoms with E-state index in [1.807, 2.05) is 0 Å². The molecule has 0 radical (unpaired) electrons. The number of nitrogens with zero attached hydrogens (tertiary/aromatic N) is 1. The Morgan fingerprint density at radius 2 is 2.11 bits per heavy atom. The van der Waals surface area contributed by atoms with Crippen molar-refractivity contribution in [2.75, 3.05) is 14.2 Å². The van der Waals surface area contributed by atoms with Crippen molar-refractivity contribution in [3.8, 4) is 11.5 Å². The topological polar surface area (TPSA) is 61.6 Å². The van der Waals surface area contributed by atoms with E-state index in [0.29, 0.717) is 17.2 Å². The van der Waals surface area contributed by atoms with E-state index in [0.717, 1.165) is 0 Å². The first-order valence-corrected chi connectivity index (χ1v) is 5.58. The first-order valence-electron chi connectivity index (χ1n) is 5.58. The highest BCUT2D eigenvalue weighted by Gasteiger charge is 2.06. The van der Waals surface area contributed by atoms with Crippen molar-refractivity contribution in [2.45, 2.75) is 0 Å². The van der Waals surface area contributed by atoms with Crippen LogP contribution in [0.15, 0.2) is 41.2 Å². The number of aromatic nitrogens is 1. The van der Waals surface area contributed by atoms with Crippen LogP contribution in [0.4, 0.5) is 0 Å². The lowest BCUT2D eigenvalue weighted by molar-refractivity contribution is 0.102. The molecule has 5 heteroatoms. The Morgan fingerprint density at radius 1 is 1.32 bits per heavy atom. The number of rotatable bonds is 5. The van der Waals surface area contributed by atoms with E-state index in [1.54, 1.807) is 31.4 Å². The second-order valence-electron chi connectivity index (χ2n) is 3.64. The molecule has 0 spiro atoms. The molecule has 0 aliphatic carbocycles. The summed E-state index contributed by atoms with van der Waals surface area (Å²) in [4.78, 5) is 15.8. The maximum absolute atomic E-state index is 11.7. The van der Waals surface area contributed by atoms with Crippen LogP contribution in [-0.4, -0.2) is 25.0 Å². The van der Waals surface area contributed by atoms with Gasteiger partial charge in [-0.2, -0.15) is 0 Å². The van der Waals surface area contributed by atoms with Crippen LogP contribution in [-0.2, 0) is 0 Å². The zero-order chi connectivity index (χ0) is 13.7. The molecule has 2 aromatic rings. The maximum atomic E-state index is 11.7. The summed E-state index contributed by atoms with van der Waals surface area (Å²) in [5, 5.41) is 0. The minimum Gasteiger partial charge on any atom is -0.493 e. The molecule has 2 rings (SSSR count). The van der Waals surface area contributed by atoms with Gasteiger partial charge in [-0.25, -0.2) is 0 Å². The Bertz CT molecular complexity index is 587. The van der Waals surface area contributed by atoms with Crippen LogP contribution in [0, 0.1) is 0 Å².